The molecule has 0 saturated carbocycles. The Balaban J connectivity index is 1.90. The second-order valence-corrected chi connectivity index (χ2v) is 3.86. The predicted molar refractivity (Wildman–Crippen MR) is 56.3 cm³/mol. The van der Waals surface area contributed by atoms with Gasteiger partial charge in [-0.25, -0.2) is 4.98 Å². The smallest absolute Gasteiger partial charge is 0.243 e. The fraction of sp³-hybridized carbons (Fsp3) is 0.500. The number of nitrogens with zero attached hydrogens (tertiary/aromatic N) is 1. The van der Waals surface area contributed by atoms with Gasteiger partial charge in [-0.2, -0.15) is 0 Å². The molecule has 16 heavy (non-hydrogen) atoms. The van der Waals surface area contributed by atoms with Gasteiger partial charge in [-0.3, -0.25) is 9.59 Å². The number of carbonyl (C=O) groups is 2. The van der Waals surface area contributed by atoms with Gasteiger partial charge in [0.2, 0.25) is 11.8 Å². The molecule has 6 nitrogen and oxygen atoms in total. The highest BCUT2D eigenvalue weighted by Crippen LogP contribution is 2.10. The van der Waals surface area contributed by atoms with Crippen molar-refractivity contribution in [1.29, 1.82) is 0 Å². The summed E-state index contributed by atoms with van der Waals surface area (Å²) in [4.78, 5) is 29.7. The number of hydrogen-bond acceptors (Lipinski definition) is 3. The number of H-pyrrole nitrogens is 1. The third kappa shape index (κ3) is 2.21. The first-order valence-corrected chi connectivity index (χ1v) is 5.26. The van der Waals surface area contributed by atoms with Crippen LogP contribution in [0.3, 0.4) is 0 Å². The van der Waals surface area contributed by atoms with Gasteiger partial charge in [-0.15, -0.1) is 0 Å². The normalized spacial score (nSPS) is 21.6. The van der Waals surface area contributed by atoms with Crippen LogP contribution in [0.1, 0.15) is 31.6 Å². The van der Waals surface area contributed by atoms with Crippen molar-refractivity contribution in [2.24, 2.45) is 0 Å². The Labute approximate surface area is 92.8 Å². The summed E-state index contributed by atoms with van der Waals surface area (Å²) in [5.41, 5.74) is 0. The summed E-state index contributed by atoms with van der Waals surface area (Å²) in [5, 5.41) is 5.42. The van der Waals surface area contributed by atoms with Crippen LogP contribution >= 0.6 is 0 Å². The molecule has 86 valence electrons. The number of amides is 2. The van der Waals surface area contributed by atoms with Crippen LogP contribution in [-0.2, 0) is 9.59 Å². The van der Waals surface area contributed by atoms with Crippen LogP contribution in [0.2, 0.25) is 0 Å². The first kappa shape index (κ1) is 10.7. The Bertz CT molecular complexity index is 388. The van der Waals surface area contributed by atoms with Crippen LogP contribution in [0, 0.1) is 0 Å². The minimum absolute atomic E-state index is 0.0641. The Kier molecular flexibility index (Phi) is 2.89. The highest BCUT2D eigenvalue weighted by Gasteiger charge is 2.28. The van der Waals surface area contributed by atoms with Crippen molar-refractivity contribution in [1.82, 2.24) is 20.6 Å². The highest BCUT2D eigenvalue weighted by atomic mass is 16.2. The van der Waals surface area contributed by atoms with Gasteiger partial charge in [0.25, 0.3) is 0 Å². The highest BCUT2D eigenvalue weighted by molar-refractivity contribution is 5.90. The van der Waals surface area contributed by atoms with E-state index >= 15 is 0 Å². The van der Waals surface area contributed by atoms with E-state index in [-0.39, 0.29) is 17.9 Å². The van der Waals surface area contributed by atoms with Gasteiger partial charge < -0.3 is 15.6 Å². The summed E-state index contributed by atoms with van der Waals surface area (Å²) < 4.78 is 0. The van der Waals surface area contributed by atoms with Crippen molar-refractivity contribution in [3.8, 4) is 0 Å². The van der Waals surface area contributed by atoms with Crippen molar-refractivity contribution < 1.29 is 9.59 Å². The first-order valence-electron chi connectivity index (χ1n) is 5.26. The van der Waals surface area contributed by atoms with Crippen molar-refractivity contribution in [3.63, 3.8) is 0 Å². The number of nitrogens with one attached hydrogen (secondary N) is 3. The Morgan fingerprint density at radius 1 is 1.69 bits per heavy atom. The molecular formula is C10H14N4O2. The molecular weight excluding hydrogens is 208 g/mol. The molecule has 1 aliphatic rings. The van der Waals surface area contributed by atoms with Crippen LogP contribution in [-0.4, -0.2) is 27.8 Å². The maximum atomic E-state index is 11.7. The third-order valence-corrected chi connectivity index (χ3v) is 2.60. The van der Waals surface area contributed by atoms with E-state index < -0.39 is 6.04 Å². The van der Waals surface area contributed by atoms with Gasteiger partial charge in [0.05, 0.1) is 6.04 Å². The van der Waals surface area contributed by atoms with Gasteiger partial charge in [-0.1, -0.05) is 0 Å². The zero-order chi connectivity index (χ0) is 11.5. The Morgan fingerprint density at radius 3 is 3.06 bits per heavy atom. The van der Waals surface area contributed by atoms with E-state index in [4.69, 9.17) is 0 Å². The van der Waals surface area contributed by atoms with E-state index in [2.05, 4.69) is 20.6 Å². The molecule has 1 aromatic rings. The topological polar surface area (TPSA) is 86.9 Å². The number of imidazole rings is 1. The molecule has 6 heteroatoms. The van der Waals surface area contributed by atoms with Crippen molar-refractivity contribution in [2.45, 2.75) is 31.8 Å². The van der Waals surface area contributed by atoms with Gasteiger partial charge in [-0.05, 0) is 13.3 Å². The SMILES string of the molecule is CC(NC(=O)[C@@H]1CCC(=O)N1)c1ncc[nH]1. The van der Waals surface area contributed by atoms with E-state index in [9.17, 15) is 9.59 Å². The monoisotopic (exact) mass is 222 g/mol. The van der Waals surface area contributed by atoms with E-state index in [1.54, 1.807) is 12.4 Å². The number of hydrogen-bond donors (Lipinski definition) is 3. The lowest BCUT2D eigenvalue weighted by Crippen LogP contribution is -2.42. The minimum atomic E-state index is -0.398. The lowest BCUT2D eigenvalue weighted by Gasteiger charge is -2.15. The van der Waals surface area contributed by atoms with Gasteiger partial charge in [0.1, 0.15) is 11.9 Å². The van der Waals surface area contributed by atoms with Crippen molar-refractivity contribution in [2.75, 3.05) is 0 Å². The molecule has 0 aromatic carbocycles. The molecule has 1 unspecified atom stereocenters. The fourth-order valence-corrected chi connectivity index (χ4v) is 1.71. The number of rotatable bonds is 3. The molecule has 1 fully saturated rings. The molecule has 3 N–H and O–H groups in total. The zero-order valence-corrected chi connectivity index (χ0v) is 8.99. The minimum Gasteiger partial charge on any atom is -0.347 e. The number of carbonyl (C=O) groups excluding carboxylic acids is 2. The molecule has 1 aromatic heterocycles. The summed E-state index contributed by atoms with van der Waals surface area (Å²) in [7, 11) is 0. The average molecular weight is 222 g/mol. The Morgan fingerprint density at radius 2 is 2.50 bits per heavy atom. The number of aromatic nitrogens is 2. The maximum absolute atomic E-state index is 11.7. The zero-order valence-electron chi connectivity index (χ0n) is 8.99. The summed E-state index contributed by atoms with van der Waals surface area (Å²) in [6.07, 6.45) is 4.33. The van der Waals surface area contributed by atoms with Crippen LogP contribution in [0.5, 0.6) is 0 Å². The van der Waals surface area contributed by atoms with E-state index in [0.29, 0.717) is 18.7 Å². The predicted octanol–water partition coefficient (Wildman–Crippen LogP) is -0.135. The van der Waals surface area contributed by atoms with Crippen molar-refractivity contribution in [3.05, 3.63) is 18.2 Å². The van der Waals surface area contributed by atoms with Crippen LogP contribution in [0.15, 0.2) is 12.4 Å². The number of aromatic amines is 1. The average Bonchev–Trinajstić information content (AvgIpc) is 2.87. The van der Waals surface area contributed by atoms with Gasteiger partial charge >= 0.3 is 0 Å². The first-order chi connectivity index (χ1) is 7.66. The summed E-state index contributed by atoms with van der Waals surface area (Å²) in [6, 6.07) is -0.579. The van der Waals surface area contributed by atoms with Gasteiger partial charge in [0.15, 0.2) is 0 Å². The van der Waals surface area contributed by atoms with Gasteiger partial charge in [0, 0.05) is 18.8 Å². The molecule has 2 heterocycles. The van der Waals surface area contributed by atoms with E-state index in [1.165, 1.54) is 0 Å². The summed E-state index contributed by atoms with van der Waals surface area (Å²) >= 11 is 0. The molecule has 2 amide bonds. The maximum Gasteiger partial charge on any atom is 0.243 e. The summed E-state index contributed by atoms with van der Waals surface area (Å²) in [5.74, 6) is 0.484. The Hall–Kier alpha value is -1.85. The molecule has 1 saturated heterocycles. The lowest BCUT2D eigenvalue weighted by molar-refractivity contribution is -0.126. The van der Waals surface area contributed by atoms with Crippen LogP contribution in [0.25, 0.3) is 0 Å². The molecule has 0 bridgehead atoms. The second kappa shape index (κ2) is 4.34. The standard InChI is InChI=1S/C10H14N4O2/c1-6(9-11-4-5-12-9)13-10(16)7-2-3-8(15)14-7/h4-7H,2-3H2,1H3,(H,11,12)(H,13,16)(H,14,15)/t6?,7-/m0/s1. The molecule has 0 aliphatic carbocycles. The third-order valence-electron chi connectivity index (χ3n) is 2.60. The molecule has 0 spiro atoms. The van der Waals surface area contributed by atoms with E-state index in [1.807, 2.05) is 6.92 Å². The van der Waals surface area contributed by atoms with Crippen molar-refractivity contribution >= 4 is 11.8 Å². The summed E-state index contributed by atoms with van der Waals surface area (Å²) in [6.45, 7) is 1.84. The fourth-order valence-electron chi connectivity index (χ4n) is 1.71. The lowest BCUT2D eigenvalue weighted by atomic mass is 10.2. The molecule has 2 atom stereocenters. The van der Waals surface area contributed by atoms with Crippen LogP contribution < -0.4 is 10.6 Å². The quantitative estimate of drug-likeness (QED) is 0.665. The van der Waals surface area contributed by atoms with E-state index in [0.717, 1.165) is 0 Å². The molecule has 1 aliphatic heterocycles. The largest absolute Gasteiger partial charge is 0.347 e. The second-order valence-electron chi connectivity index (χ2n) is 3.86. The van der Waals surface area contributed by atoms with Crippen LogP contribution in [0.4, 0.5) is 0 Å². The molecule has 2 rings (SSSR count). The molecule has 0 radical (unpaired) electrons.